The lowest BCUT2D eigenvalue weighted by Gasteiger charge is -2.13. The van der Waals surface area contributed by atoms with E-state index in [1.54, 1.807) is 6.92 Å². The first-order valence-electron chi connectivity index (χ1n) is 6.46. The van der Waals surface area contributed by atoms with Gasteiger partial charge in [0.25, 0.3) is 5.91 Å². The fourth-order valence-corrected chi connectivity index (χ4v) is 2.10. The monoisotopic (exact) mass is 262 g/mol. The van der Waals surface area contributed by atoms with Crippen LogP contribution in [-0.4, -0.2) is 28.5 Å². The number of carboxylic acid groups (broad SMARTS) is 1. The standard InChI is InChI=1S/C14H18N2O3/c1-3-14(6-7-14)8-15-12(17)11-5-4-10(13(18)19)9(2)16-11/h4-5H,3,6-8H2,1-2H3,(H,15,17)(H,18,19). The number of hydrogen-bond donors (Lipinski definition) is 2. The van der Waals surface area contributed by atoms with Gasteiger partial charge in [-0.05, 0) is 43.7 Å². The van der Waals surface area contributed by atoms with Crippen LogP contribution in [0.25, 0.3) is 0 Å². The molecule has 19 heavy (non-hydrogen) atoms. The highest BCUT2D eigenvalue weighted by atomic mass is 16.4. The molecule has 1 aliphatic rings. The fourth-order valence-electron chi connectivity index (χ4n) is 2.10. The Morgan fingerprint density at radius 1 is 1.42 bits per heavy atom. The third kappa shape index (κ3) is 2.92. The Balaban J connectivity index is 2.03. The van der Waals surface area contributed by atoms with E-state index in [-0.39, 0.29) is 22.6 Å². The van der Waals surface area contributed by atoms with Crippen molar-refractivity contribution in [3.8, 4) is 0 Å². The number of amides is 1. The summed E-state index contributed by atoms with van der Waals surface area (Å²) in [4.78, 5) is 26.9. The van der Waals surface area contributed by atoms with Gasteiger partial charge in [0.2, 0.25) is 0 Å². The predicted octanol–water partition coefficient (Wildman–Crippen LogP) is 2.01. The van der Waals surface area contributed by atoms with E-state index in [4.69, 9.17) is 5.11 Å². The molecule has 0 aromatic carbocycles. The largest absolute Gasteiger partial charge is 0.478 e. The van der Waals surface area contributed by atoms with Gasteiger partial charge < -0.3 is 10.4 Å². The van der Waals surface area contributed by atoms with Crippen LogP contribution in [-0.2, 0) is 0 Å². The number of nitrogens with zero attached hydrogens (tertiary/aromatic N) is 1. The molecule has 1 aromatic rings. The molecule has 0 atom stereocenters. The minimum absolute atomic E-state index is 0.128. The van der Waals surface area contributed by atoms with Gasteiger partial charge >= 0.3 is 5.97 Å². The van der Waals surface area contributed by atoms with Crippen LogP contribution >= 0.6 is 0 Å². The number of carboxylic acids is 1. The molecule has 5 nitrogen and oxygen atoms in total. The highest BCUT2D eigenvalue weighted by Gasteiger charge is 2.40. The summed E-state index contributed by atoms with van der Waals surface area (Å²) < 4.78 is 0. The van der Waals surface area contributed by atoms with Gasteiger partial charge in [0, 0.05) is 6.54 Å². The van der Waals surface area contributed by atoms with Crippen molar-refractivity contribution in [1.82, 2.24) is 10.3 Å². The molecule has 1 aliphatic carbocycles. The molecule has 1 aromatic heterocycles. The van der Waals surface area contributed by atoms with Gasteiger partial charge in [-0.2, -0.15) is 0 Å². The Morgan fingerprint density at radius 2 is 2.11 bits per heavy atom. The maximum absolute atomic E-state index is 11.9. The summed E-state index contributed by atoms with van der Waals surface area (Å²) in [5, 5.41) is 11.8. The number of aromatic carboxylic acids is 1. The van der Waals surface area contributed by atoms with Gasteiger partial charge in [-0.15, -0.1) is 0 Å². The summed E-state index contributed by atoms with van der Waals surface area (Å²) in [6.45, 7) is 4.39. The molecule has 1 fully saturated rings. The van der Waals surface area contributed by atoms with Gasteiger partial charge in [-0.1, -0.05) is 6.92 Å². The molecule has 102 valence electrons. The topological polar surface area (TPSA) is 79.3 Å². The molecule has 5 heteroatoms. The van der Waals surface area contributed by atoms with Gasteiger partial charge in [0.15, 0.2) is 0 Å². The second kappa shape index (κ2) is 4.99. The molecule has 2 N–H and O–H groups in total. The highest BCUT2D eigenvalue weighted by Crippen LogP contribution is 2.47. The molecule has 1 heterocycles. The molecule has 2 rings (SSSR count). The van der Waals surface area contributed by atoms with Crippen molar-refractivity contribution in [1.29, 1.82) is 0 Å². The average molecular weight is 262 g/mol. The van der Waals surface area contributed by atoms with Crippen molar-refractivity contribution in [2.45, 2.75) is 33.1 Å². The van der Waals surface area contributed by atoms with E-state index in [0.29, 0.717) is 12.2 Å². The van der Waals surface area contributed by atoms with Crippen LogP contribution in [0.3, 0.4) is 0 Å². The summed E-state index contributed by atoms with van der Waals surface area (Å²) in [7, 11) is 0. The summed E-state index contributed by atoms with van der Waals surface area (Å²) in [5.41, 5.74) is 1.04. The number of carbonyl (C=O) groups is 2. The number of carbonyl (C=O) groups excluding carboxylic acids is 1. The third-order valence-corrected chi connectivity index (χ3v) is 3.88. The normalized spacial score (nSPS) is 15.9. The molecular weight excluding hydrogens is 244 g/mol. The van der Waals surface area contributed by atoms with Crippen molar-refractivity contribution in [2.75, 3.05) is 6.54 Å². The lowest BCUT2D eigenvalue weighted by atomic mass is 10.0. The van der Waals surface area contributed by atoms with E-state index >= 15 is 0 Å². The molecule has 0 aliphatic heterocycles. The number of rotatable bonds is 5. The molecular formula is C14H18N2O3. The van der Waals surface area contributed by atoms with Crippen molar-refractivity contribution < 1.29 is 14.7 Å². The van der Waals surface area contributed by atoms with Crippen LogP contribution in [0.1, 0.15) is 52.7 Å². The molecule has 0 radical (unpaired) electrons. The number of hydrogen-bond acceptors (Lipinski definition) is 3. The van der Waals surface area contributed by atoms with Crippen molar-refractivity contribution in [2.24, 2.45) is 5.41 Å². The Morgan fingerprint density at radius 3 is 2.58 bits per heavy atom. The molecule has 1 saturated carbocycles. The molecule has 0 spiro atoms. The van der Waals surface area contributed by atoms with Crippen LogP contribution in [0.4, 0.5) is 0 Å². The second-order valence-corrected chi connectivity index (χ2v) is 5.17. The van der Waals surface area contributed by atoms with Crippen LogP contribution in [0.5, 0.6) is 0 Å². The number of aromatic nitrogens is 1. The summed E-state index contributed by atoms with van der Waals surface area (Å²) in [6.07, 6.45) is 3.39. The number of pyridine rings is 1. The van der Waals surface area contributed by atoms with Gasteiger partial charge in [-0.25, -0.2) is 9.78 Å². The zero-order chi connectivity index (χ0) is 14.0. The minimum Gasteiger partial charge on any atom is -0.478 e. The second-order valence-electron chi connectivity index (χ2n) is 5.17. The zero-order valence-electron chi connectivity index (χ0n) is 11.2. The van der Waals surface area contributed by atoms with E-state index in [1.165, 1.54) is 12.1 Å². The molecule has 0 saturated heterocycles. The van der Waals surface area contributed by atoms with Crippen molar-refractivity contribution in [3.63, 3.8) is 0 Å². The van der Waals surface area contributed by atoms with E-state index in [0.717, 1.165) is 19.3 Å². The first-order valence-corrected chi connectivity index (χ1v) is 6.46. The Labute approximate surface area is 112 Å². The lowest BCUT2D eigenvalue weighted by molar-refractivity contribution is 0.0694. The Hall–Kier alpha value is -1.91. The average Bonchev–Trinajstić information content (AvgIpc) is 3.16. The van der Waals surface area contributed by atoms with E-state index < -0.39 is 5.97 Å². The molecule has 0 unspecified atom stereocenters. The van der Waals surface area contributed by atoms with E-state index in [1.807, 2.05) is 0 Å². The number of aryl methyl sites for hydroxylation is 1. The summed E-state index contributed by atoms with van der Waals surface area (Å²) >= 11 is 0. The SMILES string of the molecule is CCC1(CNC(=O)c2ccc(C(=O)O)c(C)n2)CC1. The lowest BCUT2D eigenvalue weighted by Crippen LogP contribution is -2.30. The van der Waals surface area contributed by atoms with Crippen molar-refractivity contribution >= 4 is 11.9 Å². The summed E-state index contributed by atoms with van der Waals surface area (Å²) in [6, 6.07) is 2.88. The quantitative estimate of drug-likeness (QED) is 0.850. The van der Waals surface area contributed by atoms with E-state index in [9.17, 15) is 9.59 Å². The van der Waals surface area contributed by atoms with Crippen LogP contribution in [0.2, 0.25) is 0 Å². The van der Waals surface area contributed by atoms with Crippen LogP contribution < -0.4 is 5.32 Å². The van der Waals surface area contributed by atoms with Gasteiger partial charge in [0.05, 0.1) is 11.3 Å². The first-order chi connectivity index (χ1) is 8.97. The van der Waals surface area contributed by atoms with Crippen LogP contribution in [0, 0.1) is 12.3 Å². The Kier molecular flexibility index (Phi) is 3.55. The zero-order valence-corrected chi connectivity index (χ0v) is 11.2. The van der Waals surface area contributed by atoms with Crippen LogP contribution in [0.15, 0.2) is 12.1 Å². The number of nitrogens with one attached hydrogen (secondary N) is 1. The smallest absolute Gasteiger partial charge is 0.337 e. The maximum Gasteiger partial charge on any atom is 0.337 e. The third-order valence-electron chi connectivity index (χ3n) is 3.88. The van der Waals surface area contributed by atoms with Gasteiger partial charge in [0.1, 0.15) is 5.69 Å². The minimum atomic E-state index is -1.03. The van der Waals surface area contributed by atoms with Crippen molar-refractivity contribution in [3.05, 3.63) is 29.1 Å². The maximum atomic E-state index is 11.9. The predicted molar refractivity (Wildman–Crippen MR) is 70.2 cm³/mol. The molecule has 0 bridgehead atoms. The first kappa shape index (κ1) is 13.5. The van der Waals surface area contributed by atoms with Gasteiger partial charge in [-0.3, -0.25) is 4.79 Å². The highest BCUT2D eigenvalue weighted by molar-refractivity contribution is 5.94. The molecule has 1 amide bonds. The Bertz CT molecular complexity index is 521. The summed E-state index contributed by atoms with van der Waals surface area (Å²) in [5.74, 6) is -1.26. The fraction of sp³-hybridized carbons (Fsp3) is 0.500. The van der Waals surface area contributed by atoms with E-state index in [2.05, 4.69) is 17.2 Å².